The van der Waals surface area contributed by atoms with E-state index in [9.17, 15) is 9.59 Å². The van der Waals surface area contributed by atoms with Crippen molar-refractivity contribution in [1.29, 1.82) is 0 Å². The van der Waals surface area contributed by atoms with Gasteiger partial charge in [-0.1, -0.05) is 48.5 Å². The second-order valence-corrected chi connectivity index (χ2v) is 7.03. The van der Waals surface area contributed by atoms with Crippen LogP contribution in [0.5, 0.6) is 0 Å². The Bertz CT molecular complexity index is 711. The summed E-state index contributed by atoms with van der Waals surface area (Å²) in [5.74, 6) is 0.927. The van der Waals surface area contributed by atoms with E-state index in [4.69, 9.17) is 0 Å². The molecule has 0 bridgehead atoms. The quantitative estimate of drug-likeness (QED) is 0.824. The molecule has 0 atom stereocenters. The molecule has 0 aliphatic rings. The fourth-order valence-corrected chi connectivity index (χ4v) is 3.36. The summed E-state index contributed by atoms with van der Waals surface area (Å²) in [5, 5.41) is 2.91. The molecule has 25 heavy (non-hydrogen) atoms. The molecular formula is C20H24N2O2S. The van der Waals surface area contributed by atoms with E-state index >= 15 is 0 Å². The highest BCUT2D eigenvalue weighted by Gasteiger charge is 2.14. The Hall–Kier alpha value is -2.27. The van der Waals surface area contributed by atoms with Gasteiger partial charge in [0.1, 0.15) is 0 Å². The van der Waals surface area contributed by atoms with Crippen LogP contribution in [0.1, 0.15) is 16.7 Å². The first kappa shape index (κ1) is 19.1. The SMILES string of the molecule is Cc1cccc(C)c1NC(=O)CN(C)C(=O)CSCc1ccccc1. The lowest BCUT2D eigenvalue weighted by Crippen LogP contribution is -2.36. The van der Waals surface area contributed by atoms with E-state index in [1.54, 1.807) is 18.8 Å². The van der Waals surface area contributed by atoms with Crippen LogP contribution in [0.4, 0.5) is 5.69 Å². The highest BCUT2D eigenvalue weighted by atomic mass is 32.2. The van der Waals surface area contributed by atoms with Gasteiger partial charge < -0.3 is 10.2 Å². The predicted molar refractivity (Wildman–Crippen MR) is 105 cm³/mol. The van der Waals surface area contributed by atoms with E-state index in [2.05, 4.69) is 5.32 Å². The fraction of sp³-hybridized carbons (Fsp3) is 0.300. The molecule has 132 valence electrons. The van der Waals surface area contributed by atoms with Crippen LogP contribution < -0.4 is 5.32 Å². The molecular weight excluding hydrogens is 332 g/mol. The number of carbonyl (C=O) groups excluding carboxylic acids is 2. The summed E-state index contributed by atoms with van der Waals surface area (Å²) < 4.78 is 0. The van der Waals surface area contributed by atoms with Gasteiger partial charge in [0, 0.05) is 18.5 Å². The molecule has 0 radical (unpaired) electrons. The topological polar surface area (TPSA) is 49.4 Å². The number of hydrogen-bond donors (Lipinski definition) is 1. The maximum atomic E-state index is 12.2. The highest BCUT2D eigenvalue weighted by molar-refractivity contribution is 7.99. The van der Waals surface area contributed by atoms with Crippen molar-refractivity contribution in [2.45, 2.75) is 19.6 Å². The van der Waals surface area contributed by atoms with Gasteiger partial charge in [0.25, 0.3) is 0 Å². The number of anilines is 1. The standard InChI is InChI=1S/C20H24N2O2S/c1-15-8-7-9-16(2)20(15)21-18(23)12-22(3)19(24)14-25-13-17-10-5-4-6-11-17/h4-11H,12-14H2,1-3H3,(H,21,23). The molecule has 0 unspecified atom stereocenters. The minimum Gasteiger partial charge on any atom is -0.336 e. The second kappa shape index (κ2) is 9.28. The van der Waals surface area contributed by atoms with E-state index in [1.807, 2.05) is 62.4 Å². The molecule has 0 aromatic heterocycles. The zero-order valence-corrected chi connectivity index (χ0v) is 15.7. The minimum atomic E-state index is -0.179. The minimum absolute atomic E-state index is 0.0439. The Morgan fingerprint density at radius 3 is 2.28 bits per heavy atom. The molecule has 0 saturated carbocycles. The maximum absolute atomic E-state index is 12.2. The third-order valence-electron chi connectivity index (χ3n) is 3.89. The van der Waals surface area contributed by atoms with E-state index in [0.717, 1.165) is 22.6 Å². The molecule has 0 aliphatic carbocycles. The monoisotopic (exact) mass is 356 g/mol. The molecule has 1 N–H and O–H groups in total. The van der Waals surface area contributed by atoms with Crippen molar-refractivity contribution in [1.82, 2.24) is 4.90 Å². The Labute approximate surface area is 153 Å². The normalized spacial score (nSPS) is 10.4. The number of carbonyl (C=O) groups is 2. The van der Waals surface area contributed by atoms with Gasteiger partial charge >= 0.3 is 0 Å². The summed E-state index contributed by atoms with van der Waals surface area (Å²) >= 11 is 1.56. The van der Waals surface area contributed by atoms with Crippen molar-refractivity contribution in [3.05, 3.63) is 65.2 Å². The van der Waals surface area contributed by atoms with Crippen LogP contribution in [0.3, 0.4) is 0 Å². The molecule has 0 heterocycles. The third kappa shape index (κ3) is 5.94. The summed E-state index contributed by atoms with van der Waals surface area (Å²) in [7, 11) is 1.66. The van der Waals surface area contributed by atoms with Crippen molar-refractivity contribution in [2.75, 3.05) is 24.7 Å². The van der Waals surface area contributed by atoms with Gasteiger partial charge in [-0.25, -0.2) is 0 Å². The van der Waals surface area contributed by atoms with Crippen molar-refractivity contribution in [3.8, 4) is 0 Å². The first-order valence-corrected chi connectivity index (χ1v) is 9.34. The lowest BCUT2D eigenvalue weighted by molar-refractivity contribution is -0.131. The summed E-state index contributed by atoms with van der Waals surface area (Å²) in [6.45, 7) is 3.97. The van der Waals surface area contributed by atoms with Crippen molar-refractivity contribution >= 4 is 29.3 Å². The van der Waals surface area contributed by atoms with Crippen LogP contribution in [-0.4, -0.2) is 36.1 Å². The van der Waals surface area contributed by atoms with Crippen LogP contribution in [0.15, 0.2) is 48.5 Å². The smallest absolute Gasteiger partial charge is 0.243 e. The summed E-state index contributed by atoms with van der Waals surface area (Å²) in [6, 6.07) is 15.9. The van der Waals surface area contributed by atoms with Gasteiger partial charge in [-0.3, -0.25) is 9.59 Å². The Morgan fingerprint density at radius 2 is 1.64 bits per heavy atom. The van der Waals surface area contributed by atoms with Gasteiger partial charge in [0.15, 0.2) is 0 Å². The molecule has 0 aliphatic heterocycles. The van der Waals surface area contributed by atoms with Crippen molar-refractivity contribution in [2.24, 2.45) is 0 Å². The Balaban J connectivity index is 1.79. The number of likely N-dealkylation sites (N-methyl/N-ethyl adjacent to an activating group) is 1. The Morgan fingerprint density at radius 1 is 1.00 bits per heavy atom. The molecule has 2 aromatic rings. The number of hydrogen-bond acceptors (Lipinski definition) is 3. The number of thioether (sulfide) groups is 1. The van der Waals surface area contributed by atoms with Gasteiger partial charge in [0.05, 0.1) is 12.3 Å². The average Bonchev–Trinajstić information content (AvgIpc) is 2.59. The molecule has 0 fully saturated rings. The van der Waals surface area contributed by atoms with Gasteiger partial charge in [-0.05, 0) is 30.5 Å². The molecule has 2 aromatic carbocycles. The fourth-order valence-electron chi connectivity index (χ4n) is 2.43. The largest absolute Gasteiger partial charge is 0.336 e. The van der Waals surface area contributed by atoms with Crippen LogP contribution in [0.2, 0.25) is 0 Å². The van der Waals surface area contributed by atoms with E-state index in [-0.39, 0.29) is 18.4 Å². The molecule has 0 spiro atoms. The summed E-state index contributed by atoms with van der Waals surface area (Å²) in [6.07, 6.45) is 0. The molecule has 5 heteroatoms. The van der Waals surface area contributed by atoms with E-state index in [0.29, 0.717) is 5.75 Å². The first-order valence-electron chi connectivity index (χ1n) is 8.19. The molecule has 4 nitrogen and oxygen atoms in total. The summed E-state index contributed by atoms with van der Waals surface area (Å²) in [4.78, 5) is 25.9. The molecule has 0 saturated heterocycles. The van der Waals surface area contributed by atoms with Gasteiger partial charge in [-0.2, -0.15) is 0 Å². The third-order valence-corrected chi connectivity index (χ3v) is 4.88. The number of rotatable bonds is 7. The Kier molecular flexibility index (Phi) is 7.07. The van der Waals surface area contributed by atoms with Crippen LogP contribution >= 0.6 is 11.8 Å². The maximum Gasteiger partial charge on any atom is 0.243 e. The second-order valence-electron chi connectivity index (χ2n) is 6.04. The van der Waals surface area contributed by atoms with Gasteiger partial charge in [0.2, 0.25) is 11.8 Å². The van der Waals surface area contributed by atoms with E-state index in [1.165, 1.54) is 10.5 Å². The van der Waals surface area contributed by atoms with Crippen LogP contribution in [0.25, 0.3) is 0 Å². The predicted octanol–water partition coefficient (Wildman–Crippen LogP) is 3.63. The average molecular weight is 356 g/mol. The number of para-hydroxylation sites is 1. The summed E-state index contributed by atoms with van der Waals surface area (Å²) in [5.41, 5.74) is 4.05. The van der Waals surface area contributed by atoms with E-state index < -0.39 is 0 Å². The molecule has 2 amide bonds. The lowest BCUT2D eigenvalue weighted by atomic mass is 10.1. The van der Waals surface area contributed by atoms with Crippen LogP contribution in [-0.2, 0) is 15.3 Å². The number of aryl methyl sites for hydroxylation is 2. The number of amides is 2. The van der Waals surface area contributed by atoms with Crippen LogP contribution in [0, 0.1) is 13.8 Å². The number of benzene rings is 2. The first-order chi connectivity index (χ1) is 12.0. The van der Waals surface area contributed by atoms with Crippen molar-refractivity contribution in [3.63, 3.8) is 0 Å². The zero-order chi connectivity index (χ0) is 18.2. The van der Waals surface area contributed by atoms with Crippen molar-refractivity contribution < 1.29 is 9.59 Å². The lowest BCUT2D eigenvalue weighted by Gasteiger charge is -2.18. The zero-order valence-electron chi connectivity index (χ0n) is 14.9. The number of nitrogens with one attached hydrogen (secondary N) is 1. The van der Waals surface area contributed by atoms with Gasteiger partial charge in [-0.15, -0.1) is 11.8 Å². The highest BCUT2D eigenvalue weighted by Crippen LogP contribution is 2.19. The number of nitrogens with zero attached hydrogens (tertiary/aromatic N) is 1. The molecule has 2 rings (SSSR count).